The Balaban J connectivity index is 0.00000420. The van der Waals surface area contributed by atoms with Gasteiger partial charge in [0.2, 0.25) is 5.91 Å². The molecule has 29 heavy (non-hydrogen) atoms. The molecule has 0 spiro atoms. The zero-order chi connectivity index (χ0) is 20.4. The first kappa shape index (κ1) is 25.2. The van der Waals surface area contributed by atoms with Gasteiger partial charge in [0.15, 0.2) is 5.96 Å². The normalized spacial score (nSPS) is 15.0. The molecule has 1 fully saturated rings. The van der Waals surface area contributed by atoms with Crippen molar-refractivity contribution in [3.8, 4) is 12.3 Å². The number of piperidine rings is 1. The highest BCUT2D eigenvalue weighted by atomic mass is 127. The number of terminal acetylenes is 1. The van der Waals surface area contributed by atoms with Crippen molar-refractivity contribution in [2.24, 2.45) is 4.99 Å². The van der Waals surface area contributed by atoms with Crippen molar-refractivity contribution in [1.82, 2.24) is 15.5 Å². The minimum absolute atomic E-state index is 0. The number of guanidine groups is 1. The Morgan fingerprint density at radius 3 is 2.62 bits per heavy atom. The molecule has 1 aromatic carbocycles. The van der Waals surface area contributed by atoms with Crippen molar-refractivity contribution in [1.29, 1.82) is 0 Å². The van der Waals surface area contributed by atoms with Crippen LogP contribution in [0, 0.1) is 12.3 Å². The molecule has 0 radical (unpaired) electrons. The van der Waals surface area contributed by atoms with Gasteiger partial charge in [-0.2, -0.15) is 0 Å². The molecule has 1 aliphatic heterocycles. The molecule has 0 atom stereocenters. The van der Waals surface area contributed by atoms with Crippen molar-refractivity contribution >= 4 is 41.5 Å². The molecule has 0 unspecified atom stereocenters. The lowest BCUT2D eigenvalue weighted by Crippen LogP contribution is -2.55. The van der Waals surface area contributed by atoms with Crippen LogP contribution in [0.5, 0.6) is 0 Å². The van der Waals surface area contributed by atoms with Gasteiger partial charge in [0.05, 0.1) is 0 Å². The van der Waals surface area contributed by atoms with Crippen molar-refractivity contribution in [2.45, 2.75) is 45.6 Å². The van der Waals surface area contributed by atoms with Gasteiger partial charge in [-0.1, -0.05) is 18.4 Å². The van der Waals surface area contributed by atoms with Gasteiger partial charge < -0.3 is 16.0 Å². The number of nitrogens with one attached hydrogen (secondary N) is 3. The molecular formula is C22H34IN5O. The van der Waals surface area contributed by atoms with Gasteiger partial charge in [-0.05, 0) is 64.9 Å². The van der Waals surface area contributed by atoms with Crippen molar-refractivity contribution in [3.05, 3.63) is 29.8 Å². The van der Waals surface area contributed by atoms with Crippen LogP contribution >= 0.6 is 24.0 Å². The first-order valence-corrected chi connectivity index (χ1v) is 10.1. The van der Waals surface area contributed by atoms with Gasteiger partial charge in [-0.15, -0.1) is 30.4 Å². The second-order valence-electron chi connectivity index (χ2n) is 7.68. The van der Waals surface area contributed by atoms with E-state index in [1.165, 1.54) is 19.3 Å². The Hall–Kier alpha value is -1.79. The molecule has 1 aliphatic rings. The standard InChI is InChI=1S/C22H33N5O.HI/c1-5-18-11-10-12-19(15-18)26-20(28)16-24-21(23-6-2)25-17-22(3,4)27-13-8-7-9-14-27;/h1,10-12,15H,6-9,13-14,16-17H2,2-4H3,(H,26,28)(H2,23,24,25);1H. The van der Waals surface area contributed by atoms with E-state index in [1.807, 2.05) is 25.1 Å². The average Bonchev–Trinajstić information content (AvgIpc) is 2.71. The second kappa shape index (κ2) is 12.7. The van der Waals surface area contributed by atoms with Crippen LogP contribution in [-0.2, 0) is 4.79 Å². The number of hydrogen-bond donors (Lipinski definition) is 3. The first-order valence-electron chi connectivity index (χ1n) is 10.1. The Bertz CT molecular complexity index is 720. The maximum atomic E-state index is 12.2. The van der Waals surface area contributed by atoms with Crippen LogP contribution in [-0.4, -0.2) is 55.0 Å². The fourth-order valence-corrected chi connectivity index (χ4v) is 3.29. The Labute approximate surface area is 192 Å². The van der Waals surface area contributed by atoms with Crippen LogP contribution in [0.25, 0.3) is 0 Å². The van der Waals surface area contributed by atoms with Crippen LogP contribution in [0.1, 0.15) is 45.6 Å². The van der Waals surface area contributed by atoms with Gasteiger partial charge in [-0.3, -0.25) is 9.69 Å². The summed E-state index contributed by atoms with van der Waals surface area (Å²) in [6, 6.07) is 7.23. The monoisotopic (exact) mass is 511 g/mol. The number of carbonyl (C=O) groups is 1. The van der Waals surface area contributed by atoms with E-state index in [9.17, 15) is 4.79 Å². The lowest BCUT2D eigenvalue weighted by atomic mass is 9.98. The zero-order valence-corrected chi connectivity index (χ0v) is 20.1. The summed E-state index contributed by atoms with van der Waals surface area (Å²) in [5.74, 6) is 3.04. The number of benzene rings is 1. The summed E-state index contributed by atoms with van der Waals surface area (Å²) in [5.41, 5.74) is 1.45. The number of nitrogens with zero attached hydrogens (tertiary/aromatic N) is 2. The van der Waals surface area contributed by atoms with E-state index in [1.54, 1.807) is 6.07 Å². The molecule has 1 aromatic rings. The van der Waals surface area contributed by atoms with E-state index >= 15 is 0 Å². The number of halogens is 1. The predicted molar refractivity (Wildman–Crippen MR) is 132 cm³/mol. The molecule has 3 N–H and O–H groups in total. The van der Waals surface area contributed by atoms with Gasteiger partial charge in [-0.25, -0.2) is 4.99 Å². The van der Waals surface area contributed by atoms with Crippen molar-refractivity contribution in [3.63, 3.8) is 0 Å². The summed E-state index contributed by atoms with van der Waals surface area (Å²) in [4.78, 5) is 19.2. The molecule has 0 saturated carbocycles. The summed E-state index contributed by atoms with van der Waals surface area (Å²) >= 11 is 0. The molecule has 0 bridgehead atoms. The number of aliphatic imine (C=N–C) groups is 1. The Morgan fingerprint density at radius 1 is 1.24 bits per heavy atom. The van der Waals surface area contributed by atoms with Crippen LogP contribution in [0.2, 0.25) is 0 Å². The minimum atomic E-state index is -0.179. The summed E-state index contributed by atoms with van der Waals surface area (Å²) in [5, 5.41) is 9.43. The van der Waals surface area contributed by atoms with E-state index in [4.69, 9.17) is 6.42 Å². The van der Waals surface area contributed by atoms with Gasteiger partial charge in [0, 0.05) is 29.9 Å². The number of likely N-dealkylation sites (tertiary alicyclic amines) is 1. The summed E-state index contributed by atoms with van der Waals surface area (Å²) in [6.45, 7) is 10.3. The molecule has 1 heterocycles. The lowest BCUT2D eigenvalue weighted by Gasteiger charge is -2.41. The van der Waals surface area contributed by atoms with Gasteiger partial charge >= 0.3 is 0 Å². The van der Waals surface area contributed by atoms with Gasteiger partial charge in [0.1, 0.15) is 6.54 Å². The van der Waals surface area contributed by atoms with E-state index in [0.29, 0.717) is 11.6 Å². The minimum Gasteiger partial charge on any atom is -0.357 e. The molecule has 1 saturated heterocycles. The van der Waals surface area contributed by atoms with E-state index in [0.717, 1.165) is 31.7 Å². The SMILES string of the molecule is C#Cc1cccc(NC(=O)CN=C(NCC)NCC(C)(C)N2CCCCC2)c1.I. The van der Waals surface area contributed by atoms with Crippen molar-refractivity contribution in [2.75, 3.05) is 38.0 Å². The fraction of sp³-hybridized carbons (Fsp3) is 0.545. The number of rotatable bonds is 7. The smallest absolute Gasteiger partial charge is 0.246 e. The predicted octanol–water partition coefficient (Wildman–Crippen LogP) is 3.04. The molecule has 0 aromatic heterocycles. The molecule has 7 heteroatoms. The highest BCUT2D eigenvalue weighted by Crippen LogP contribution is 2.19. The van der Waals surface area contributed by atoms with Crippen LogP contribution in [0.15, 0.2) is 29.3 Å². The number of hydrogen-bond acceptors (Lipinski definition) is 3. The van der Waals surface area contributed by atoms with Crippen molar-refractivity contribution < 1.29 is 4.79 Å². The third-order valence-corrected chi connectivity index (χ3v) is 4.94. The molecular weight excluding hydrogens is 477 g/mol. The maximum absolute atomic E-state index is 12.2. The largest absolute Gasteiger partial charge is 0.357 e. The van der Waals surface area contributed by atoms with Crippen LogP contribution < -0.4 is 16.0 Å². The molecule has 1 amide bonds. The highest BCUT2D eigenvalue weighted by molar-refractivity contribution is 14.0. The Kier molecular flexibility index (Phi) is 11.1. The summed E-state index contributed by atoms with van der Waals surface area (Å²) < 4.78 is 0. The first-order chi connectivity index (χ1) is 13.4. The summed E-state index contributed by atoms with van der Waals surface area (Å²) in [7, 11) is 0. The van der Waals surface area contributed by atoms with E-state index in [-0.39, 0.29) is 42.0 Å². The molecule has 160 valence electrons. The van der Waals surface area contributed by atoms with E-state index in [2.05, 4.69) is 45.6 Å². The van der Waals surface area contributed by atoms with Crippen LogP contribution in [0.4, 0.5) is 5.69 Å². The third kappa shape index (κ3) is 8.62. The zero-order valence-electron chi connectivity index (χ0n) is 17.8. The quantitative estimate of drug-likeness (QED) is 0.228. The lowest BCUT2D eigenvalue weighted by molar-refractivity contribution is -0.114. The maximum Gasteiger partial charge on any atom is 0.246 e. The van der Waals surface area contributed by atoms with Gasteiger partial charge in [0.25, 0.3) is 0 Å². The Morgan fingerprint density at radius 2 is 1.97 bits per heavy atom. The highest BCUT2D eigenvalue weighted by Gasteiger charge is 2.27. The number of amides is 1. The van der Waals surface area contributed by atoms with E-state index < -0.39 is 0 Å². The topological polar surface area (TPSA) is 68.8 Å². The third-order valence-electron chi connectivity index (χ3n) is 4.94. The number of carbonyl (C=O) groups excluding carboxylic acids is 1. The molecule has 2 rings (SSSR count). The average molecular weight is 511 g/mol. The second-order valence-corrected chi connectivity index (χ2v) is 7.68. The number of anilines is 1. The molecule has 6 nitrogen and oxygen atoms in total. The summed E-state index contributed by atoms with van der Waals surface area (Å²) in [6.07, 6.45) is 9.25. The fourth-order valence-electron chi connectivity index (χ4n) is 3.29. The molecule has 0 aliphatic carbocycles. The van der Waals surface area contributed by atoms with Crippen LogP contribution in [0.3, 0.4) is 0 Å².